The zero-order valence-corrected chi connectivity index (χ0v) is 9.93. The Kier molecular flexibility index (Phi) is 4.68. The molecule has 15 heavy (non-hydrogen) atoms. The lowest BCUT2D eigenvalue weighted by atomic mass is 9.98. The molecule has 1 aromatic rings. The maximum Gasteiger partial charge on any atom is 0.0408 e. The van der Waals surface area contributed by atoms with Crippen molar-refractivity contribution in [2.75, 3.05) is 7.05 Å². The minimum Gasteiger partial charge on any atom is -0.313 e. The van der Waals surface area contributed by atoms with Gasteiger partial charge in [0, 0.05) is 17.5 Å². The first-order valence-corrected chi connectivity index (χ1v) is 5.43. The van der Waals surface area contributed by atoms with Gasteiger partial charge >= 0.3 is 0 Å². The fourth-order valence-corrected chi connectivity index (χ4v) is 1.94. The summed E-state index contributed by atoms with van der Waals surface area (Å²) in [4.78, 5) is 0. The van der Waals surface area contributed by atoms with Crippen LogP contribution in [0.15, 0.2) is 18.2 Å². The van der Waals surface area contributed by atoms with Gasteiger partial charge in [-0.15, -0.1) is 12.3 Å². The van der Waals surface area contributed by atoms with Gasteiger partial charge in [0.25, 0.3) is 0 Å². The van der Waals surface area contributed by atoms with Crippen LogP contribution in [-0.2, 0) is 0 Å². The Balaban J connectivity index is 2.87. The molecule has 0 aliphatic carbocycles. The van der Waals surface area contributed by atoms with Crippen LogP contribution in [0.4, 0.5) is 0 Å². The first-order chi connectivity index (χ1) is 7.19. The van der Waals surface area contributed by atoms with E-state index in [4.69, 9.17) is 18.0 Å². The first kappa shape index (κ1) is 12.1. The average Bonchev–Trinajstić information content (AvgIpc) is 2.21. The quantitative estimate of drug-likeness (QED) is 0.770. The van der Waals surface area contributed by atoms with E-state index in [1.165, 1.54) is 11.1 Å². The van der Waals surface area contributed by atoms with Crippen LogP contribution in [0.3, 0.4) is 0 Å². The molecule has 1 rings (SSSR count). The lowest BCUT2D eigenvalue weighted by Gasteiger charge is -2.17. The van der Waals surface area contributed by atoms with Gasteiger partial charge < -0.3 is 5.32 Å². The van der Waals surface area contributed by atoms with Crippen molar-refractivity contribution < 1.29 is 0 Å². The summed E-state index contributed by atoms with van der Waals surface area (Å²) in [7, 11) is 1.95. The molecule has 1 nitrogen and oxygen atoms in total. The zero-order valence-electron chi connectivity index (χ0n) is 9.18. The minimum atomic E-state index is 0.318. The minimum absolute atomic E-state index is 0.318. The fraction of sp³-hybridized carbons (Fsp3) is 0.385. The number of terminal acetylenes is 1. The van der Waals surface area contributed by atoms with E-state index < -0.39 is 0 Å². The summed E-state index contributed by atoms with van der Waals surface area (Å²) in [5.41, 5.74) is 2.48. The molecule has 1 atom stereocenters. The molecule has 0 aromatic heterocycles. The number of hydrogen-bond acceptors (Lipinski definition) is 1. The highest BCUT2D eigenvalue weighted by Gasteiger charge is 2.10. The summed E-state index contributed by atoms with van der Waals surface area (Å²) in [6.07, 6.45) is 7.01. The second-order valence-electron chi connectivity index (χ2n) is 3.58. The Hall–Kier alpha value is -0.970. The van der Waals surface area contributed by atoms with E-state index in [2.05, 4.69) is 24.2 Å². The molecule has 1 N–H and O–H groups in total. The van der Waals surface area contributed by atoms with Crippen LogP contribution in [0.1, 0.15) is 30.0 Å². The van der Waals surface area contributed by atoms with Gasteiger partial charge in [-0.05, 0) is 43.7 Å². The molecule has 0 heterocycles. The summed E-state index contributed by atoms with van der Waals surface area (Å²) in [5, 5.41) is 4.06. The van der Waals surface area contributed by atoms with Crippen molar-refractivity contribution >= 4 is 11.6 Å². The summed E-state index contributed by atoms with van der Waals surface area (Å²) in [6.45, 7) is 2.07. The van der Waals surface area contributed by atoms with Gasteiger partial charge in [0.1, 0.15) is 0 Å². The predicted molar refractivity (Wildman–Crippen MR) is 66.1 cm³/mol. The lowest BCUT2D eigenvalue weighted by Crippen LogP contribution is -2.17. The summed E-state index contributed by atoms with van der Waals surface area (Å²) < 4.78 is 0. The molecular formula is C13H16ClN. The van der Waals surface area contributed by atoms with E-state index in [9.17, 15) is 0 Å². The van der Waals surface area contributed by atoms with Crippen LogP contribution in [0.25, 0.3) is 0 Å². The number of nitrogens with one attached hydrogen (secondary N) is 1. The molecule has 0 spiro atoms. The molecule has 0 fully saturated rings. The van der Waals surface area contributed by atoms with Crippen molar-refractivity contribution in [3.8, 4) is 12.3 Å². The molecule has 0 radical (unpaired) electrons. The first-order valence-electron chi connectivity index (χ1n) is 5.05. The third kappa shape index (κ3) is 3.27. The Bertz CT molecular complexity index is 365. The number of rotatable bonds is 4. The van der Waals surface area contributed by atoms with Crippen LogP contribution in [-0.4, -0.2) is 7.05 Å². The van der Waals surface area contributed by atoms with Crippen molar-refractivity contribution in [1.82, 2.24) is 5.32 Å². The van der Waals surface area contributed by atoms with Crippen LogP contribution < -0.4 is 5.32 Å². The van der Waals surface area contributed by atoms with E-state index in [-0.39, 0.29) is 0 Å². The lowest BCUT2D eigenvalue weighted by molar-refractivity contribution is 0.556. The molecule has 2 heteroatoms. The Labute approximate surface area is 96.8 Å². The second-order valence-corrected chi connectivity index (χ2v) is 4.02. The second kappa shape index (κ2) is 5.80. The number of aryl methyl sites for hydroxylation is 1. The van der Waals surface area contributed by atoms with Crippen molar-refractivity contribution in [1.29, 1.82) is 0 Å². The van der Waals surface area contributed by atoms with Gasteiger partial charge in [-0.3, -0.25) is 0 Å². The third-order valence-electron chi connectivity index (χ3n) is 2.53. The zero-order chi connectivity index (χ0) is 11.3. The van der Waals surface area contributed by atoms with Crippen molar-refractivity contribution in [2.24, 2.45) is 0 Å². The van der Waals surface area contributed by atoms with Gasteiger partial charge in [-0.25, -0.2) is 0 Å². The SMILES string of the molecule is C#CCCC(NC)c1ccc(Cl)cc1C. The average molecular weight is 222 g/mol. The molecule has 0 aliphatic heterocycles. The molecule has 0 aliphatic rings. The maximum atomic E-state index is 5.92. The molecule has 0 saturated heterocycles. The van der Waals surface area contributed by atoms with Crippen molar-refractivity contribution in [3.63, 3.8) is 0 Å². The van der Waals surface area contributed by atoms with E-state index in [1.54, 1.807) is 0 Å². The number of halogens is 1. The normalized spacial score (nSPS) is 12.1. The molecule has 0 amide bonds. The van der Waals surface area contributed by atoms with Gasteiger partial charge in [0.15, 0.2) is 0 Å². The predicted octanol–water partition coefficient (Wildman–Crippen LogP) is 3.32. The van der Waals surface area contributed by atoms with Gasteiger partial charge in [-0.2, -0.15) is 0 Å². The molecule has 1 unspecified atom stereocenters. The Morgan fingerprint density at radius 3 is 2.80 bits per heavy atom. The maximum absolute atomic E-state index is 5.92. The highest BCUT2D eigenvalue weighted by Crippen LogP contribution is 2.24. The standard InChI is InChI=1S/C13H16ClN/c1-4-5-6-13(15-3)12-8-7-11(14)9-10(12)2/h1,7-9,13,15H,5-6H2,2-3H3. The van der Waals surface area contributed by atoms with Crippen molar-refractivity contribution in [3.05, 3.63) is 34.3 Å². The van der Waals surface area contributed by atoms with Crippen molar-refractivity contribution in [2.45, 2.75) is 25.8 Å². The highest BCUT2D eigenvalue weighted by atomic mass is 35.5. The number of benzene rings is 1. The monoisotopic (exact) mass is 221 g/mol. The topological polar surface area (TPSA) is 12.0 Å². The third-order valence-corrected chi connectivity index (χ3v) is 2.77. The fourth-order valence-electron chi connectivity index (χ4n) is 1.71. The summed E-state index contributed by atoms with van der Waals surface area (Å²) in [6, 6.07) is 6.29. The Morgan fingerprint density at radius 1 is 1.53 bits per heavy atom. The molecular weight excluding hydrogens is 206 g/mol. The van der Waals surface area contributed by atoms with E-state index in [0.29, 0.717) is 6.04 Å². The van der Waals surface area contributed by atoms with Gasteiger partial charge in [-0.1, -0.05) is 17.7 Å². The molecule has 0 saturated carbocycles. The largest absolute Gasteiger partial charge is 0.313 e. The Morgan fingerprint density at radius 2 is 2.27 bits per heavy atom. The van der Waals surface area contributed by atoms with E-state index >= 15 is 0 Å². The van der Waals surface area contributed by atoms with Crippen LogP contribution in [0, 0.1) is 19.3 Å². The van der Waals surface area contributed by atoms with Gasteiger partial charge in [0.05, 0.1) is 0 Å². The molecule has 1 aromatic carbocycles. The number of hydrogen-bond donors (Lipinski definition) is 1. The molecule has 80 valence electrons. The van der Waals surface area contributed by atoms with Crippen LogP contribution in [0.5, 0.6) is 0 Å². The van der Waals surface area contributed by atoms with E-state index in [1.807, 2.05) is 19.2 Å². The molecule has 0 bridgehead atoms. The van der Waals surface area contributed by atoms with Crippen LogP contribution in [0.2, 0.25) is 5.02 Å². The van der Waals surface area contributed by atoms with E-state index in [0.717, 1.165) is 17.9 Å². The van der Waals surface area contributed by atoms with Gasteiger partial charge in [0.2, 0.25) is 0 Å². The summed E-state index contributed by atoms with van der Waals surface area (Å²) >= 11 is 5.92. The highest BCUT2D eigenvalue weighted by molar-refractivity contribution is 6.30. The smallest absolute Gasteiger partial charge is 0.0408 e. The summed E-state index contributed by atoms with van der Waals surface area (Å²) in [5.74, 6) is 2.67. The van der Waals surface area contributed by atoms with Crippen LogP contribution >= 0.6 is 11.6 Å².